The summed E-state index contributed by atoms with van der Waals surface area (Å²) < 4.78 is 0.393. The molecular weight excluding hydrogens is 330 g/mol. The zero-order chi connectivity index (χ0) is 14.7. The Morgan fingerprint density at radius 1 is 1.30 bits per heavy atom. The van der Waals surface area contributed by atoms with Gasteiger partial charge in [-0.25, -0.2) is 0 Å². The summed E-state index contributed by atoms with van der Waals surface area (Å²) in [4.78, 5) is 35.3. The largest absolute Gasteiger partial charge is 0.328 e. The number of hydrogen-bond acceptors (Lipinski definition) is 4. The van der Waals surface area contributed by atoms with Crippen molar-refractivity contribution in [3.8, 4) is 0 Å². The lowest BCUT2D eigenvalue weighted by molar-refractivity contribution is -0.384. The van der Waals surface area contributed by atoms with E-state index < -0.39 is 10.8 Å². The van der Waals surface area contributed by atoms with Crippen LogP contribution in [0.4, 0.5) is 11.4 Å². The Bertz CT molecular complexity index is 721. The van der Waals surface area contributed by atoms with Crippen LogP contribution < -0.4 is 10.9 Å². The molecule has 0 unspecified atom stereocenters. The number of hydrogen-bond donors (Lipinski definition) is 2. The number of H-pyrrole nitrogens is 1. The molecule has 2 aromatic rings. The van der Waals surface area contributed by atoms with Gasteiger partial charge in [0.25, 0.3) is 11.6 Å². The number of nitro benzene ring substituents is 1. The molecule has 0 radical (unpaired) electrons. The lowest BCUT2D eigenvalue weighted by atomic mass is 10.2. The SMILES string of the molecule is O=C(Nc1ccc([N+](=O)[O-])cc1Br)c1ccc(=O)[nH]c1. The Morgan fingerprint density at radius 3 is 2.60 bits per heavy atom. The van der Waals surface area contributed by atoms with E-state index in [-0.39, 0.29) is 16.8 Å². The minimum absolute atomic E-state index is 0.0843. The van der Waals surface area contributed by atoms with Gasteiger partial charge in [-0.15, -0.1) is 0 Å². The molecule has 0 aliphatic rings. The molecule has 1 amide bonds. The Hall–Kier alpha value is -2.48. The van der Waals surface area contributed by atoms with Gasteiger partial charge in [0.2, 0.25) is 5.56 Å². The van der Waals surface area contributed by atoms with E-state index in [1.54, 1.807) is 0 Å². The molecule has 7 nitrogen and oxygen atoms in total. The second kappa shape index (κ2) is 5.66. The van der Waals surface area contributed by atoms with Crippen molar-refractivity contribution in [1.29, 1.82) is 0 Å². The van der Waals surface area contributed by atoms with Crippen molar-refractivity contribution in [2.24, 2.45) is 0 Å². The lowest BCUT2D eigenvalue weighted by Gasteiger charge is -2.07. The molecular formula is C12H8BrN3O4. The molecule has 0 aliphatic carbocycles. The molecule has 0 spiro atoms. The van der Waals surface area contributed by atoms with Crippen LogP contribution in [0.1, 0.15) is 10.4 Å². The number of rotatable bonds is 3. The van der Waals surface area contributed by atoms with E-state index >= 15 is 0 Å². The van der Waals surface area contributed by atoms with E-state index in [0.29, 0.717) is 10.2 Å². The molecule has 8 heteroatoms. The lowest BCUT2D eigenvalue weighted by Crippen LogP contribution is -2.14. The summed E-state index contributed by atoms with van der Waals surface area (Å²) in [6.45, 7) is 0. The first-order valence-electron chi connectivity index (χ1n) is 5.41. The third-order valence-electron chi connectivity index (χ3n) is 2.46. The zero-order valence-corrected chi connectivity index (χ0v) is 11.5. The van der Waals surface area contributed by atoms with Gasteiger partial charge in [-0.1, -0.05) is 0 Å². The molecule has 0 aliphatic heterocycles. The quantitative estimate of drug-likeness (QED) is 0.662. The van der Waals surface area contributed by atoms with Gasteiger partial charge < -0.3 is 10.3 Å². The van der Waals surface area contributed by atoms with Crippen molar-refractivity contribution in [2.45, 2.75) is 0 Å². The maximum atomic E-state index is 11.9. The van der Waals surface area contributed by atoms with Gasteiger partial charge in [0.1, 0.15) is 0 Å². The fourth-order valence-electron chi connectivity index (χ4n) is 1.47. The summed E-state index contributed by atoms with van der Waals surface area (Å²) in [6.07, 6.45) is 1.29. The highest BCUT2D eigenvalue weighted by molar-refractivity contribution is 9.10. The highest BCUT2D eigenvalue weighted by atomic mass is 79.9. The van der Waals surface area contributed by atoms with Crippen LogP contribution in [0.2, 0.25) is 0 Å². The van der Waals surface area contributed by atoms with Crippen molar-refractivity contribution < 1.29 is 9.72 Å². The van der Waals surface area contributed by atoms with Crippen molar-refractivity contribution in [3.05, 3.63) is 67.0 Å². The van der Waals surface area contributed by atoms with E-state index in [1.807, 2.05) is 0 Å². The minimum atomic E-state index is -0.529. The van der Waals surface area contributed by atoms with Crippen LogP contribution in [0.3, 0.4) is 0 Å². The first-order chi connectivity index (χ1) is 9.47. The molecule has 0 saturated carbocycles. The second-order valence-electron chi connectivity index (χ2n) is 3.82. The molecule has 2 rings (SSSR count). The van der Waals surface area contributed by atoms with E-state index in [4.69, 9.17) is 0 Å². The summed E-state index contributed by atoms with van der Waals surface area (Å²) >= 11 is 3.15. The van der Waals surface area contributed by atoms with E-state index in [1.165, 1.54) is 36.5 Å². The van der Waals surface area contributed by atoms with Gasteiger partial charge >= 0.3 is 0 Å². The van der Waals surface area contributed by atoms with E-state index in [9.17, 15) is 19.7 Å². The average Bonchev–Trinajstić information content (AvgIpc) is 2.41. The topological polar surface area (TPSA) is 105 Å². The molecule has 20 heavy (non-hydrogen) atoms. The smallest absolute Gasteiger partial charge is 0.270 e. The van der Waals surface area contributed by atoms with Crippen LogP contribution in [0.15, 0.2) is 45.8 Å². The van der Waals surface area contributed by atoms with Crippen molar-refractivity contribution >= 4 is 33.2 Å². The number of non-ortho nitro benzene ring substituents is 1. The summed E-state index contributed by atoms with van der Waals surface area (Å²) in [5.74, 6) is -0.434. The number of benzene rings is 1. The van der Waals surface area contributed by atoms with Crippen molar-refractivity contribution in [3.63, 3.8) is 0 Å². The third kappa shape index (κ3) is 3.09. The predicted molar refractivity (Wildman–Crippen MR) is 75.8 cm³/mol. The number of amides is 1. The number of nitrogens with zero attached hydrogens (tertiary/aromatic N) is 1. The van der Waals surface area contributed by atoms with E-state index in [2.05, 4.69) is 26.2 Å². The molecule has 102 valence electrons. The minimum Gasteiger partial charge on any atom is -0.328 e. The second-order valence-corrected chi connectivity index (χ2v) is 4.67. The summed E-state index contributed by atoms with van der Waals surface area (Å²) in [5.41, 5.74) is 0.277. The number of aromatic amines is 1. The first kappa shape index (κ1) is 13.9. The number of nitrogens with one attached hydrogen (secondary N) is 2. The Labute approximate surface area is 120 Å². The molecule has 0 saturated heterocycles. The number of carbonyl (C=O) groups excluding carboxylic acids is 1. The fourth-order valence-corrected chi connectivity index (χ4v) is 1.93. The van der Waals surface area contributed by atoms with E-state index in [0.717, 1.165) is 0 Å². The molecule has 0 fully saturated rings. The van der Waals surface area contributed by atoms with Crippen LogP contribution in [0.25, 0.3) is 0 Å². The first-order valence-corrected chi connectivity index (χ1v) is 6.21. The van der Waals surface area contributed by atoms with Gasteiger partial charge in [0.05, 0.1) is 16.2 Å². The number of aromatic nitrogens is 1. The Kier molecular flexibility index (Phi) is 3.94. The Morgan fingerprint density at radius 2 is 2.05 bits per heavy atom. The summed E-state index contributed by atoms with van der Waals surface area (Å²) in [5, 5.41) is 13.2. The maximum absolute atomic E-state index is 11.9. The number of nitro groups is 1. The van der Waals surface area contributed by atoms with Gasteiger partial charge in [-0.3, -0.25) is 19.7 Å². The van der Waals surface area contributed by atoms with Crippen LogP contribution in [-0.2, 0) is 0 Å². The zero-order valence-electron chi connectivity index (χ0n) is 9.92. The highest BCUT2D eigenvalue weighted by Crippen LogP contribution is 2.27. The molecule has 0 bridgehead atoms. The number of pyridine rings is 1. The van der Waals surface area contributed by atoms with Crippen LogP contribution in [-0.4, -0.2) is 15.8 Å². The monoisotopic (exact) mass is 337 g/mol. The summed E-state index contributed by atoms with van der Waals surface area (Å²) in [6, 6.07) is 6.62. The molecule has 0 atom stereocenters. The van der Waals surface area contributed by atoms with Gasteiger partial charge in [0.15, 0.2) is 0 Å². The number of anilines is 1. The highest BCUT2D eigenvalue weighted by Gasteiger charge is 2.12. The molecule has 1 aromatic heterocycles. The number of carbonyl (C=O) groups is 1. The van der Waals surface area contributed by atoms with Gasteiger partial charge in [-0.2, -0.15) is 0 Å². The van der Waals surface area contributed by atoms with Crippen LogP contribution in [0, 0.1) is 10.1 Å². The molecule has 1 heterocycles. The summed E-state index contributed by atoms with van der Waals surface area (Å²) in [7, 11) is 0. The molecule has 2 N–H and O–H groups in total. The number of halogens is 1. The normalized spacial score (nSPS) is 10.1. The predicted octanol–water partition coefficient (Wildman–Crippen LogP) is 2.30. The molecule has 1 aromatic carbocycles. The van der Waals surface area contributed by atoms with Crippen LogP contribution in [0.5, 0.6) is 0 Å². The van der Waals surface area contributed by atoms with Gasteiger partial charge in [0, 0.05) is 28.9 Å². The van der Waals surface area contributed by atoms with Gasteiger partial charge in [-0.05, 0) is 28.1 Å². The fraction of sp³-hybridized carbons (Fsp3) is 0. The van der Waals surface area contributed by atoms with Crippen LogP contribution >= 0.6 is 15.9 Å². The maximum Gasteiger partial charge on any atom is 0.270 e. The average molecular weight is 338 g/mol. The van der Waals surface area contributed by atoms with Crippen molar-refractivity contribution in [2.75, 3.05) is 5.32 Å². The Balaban J connectivity index is 2.21. The van der Waals surface area contributed by atoms with Crippen molar-refractivity contribution in [1.82, 2.24) is 4.98 Å². The third-order valence-corrected chi connectivity index (χ3v) is 3.11. The standard InChI is InChI=1S/C12H8BrN3O4/c13-9-5-8(16(19)20)2-3-10(9)15-12(18)7-1-4-11(17)14-6-7/h1-6H,(H,14,17)(H,15,18).